The van der Waals surface area contributed by atoms with Gasteiger partial charge in [-0.05, 0) is 68.5 Å². The Labute approximate surface area is 202 Å². The second kappa shape index (κ2) is 10.1. The molecule has 3 amide bonds. The fraction of sp³-hybridized carbons (Fsp3) is 0.423. The van der Waals surface area contributed by atoms with E-state index in [0.29, 0.717) is 50.3 Å². The van der Waals surface area contributed by atoms with Gasteiger partial charge in [0.1, 0.15) is 0 Å². The first-order valence-corrected chi connectivity index (χ1v) is 11.8. The summed E-state index contributed by atoms with van der Waals surface area (Å²) < 4.78 is 38.3. The molecule has 2 aliphatic rings. The molecule has 1 N–H and O–H groups in total. The molecule has 4 rings (SSSR count). The number of hydrogen-bond donors (Lipinski definition) is 1. The first kappa shape index (κ1) is 24.8. The Kier molecular flexibility index (Phi) is 7.14. The van der Waals surface area contributed by atoms with E-state index in [9.17, 15) is 27.6 Å². The lowest BCUT2D eigenvalue weighted by atomic mass is 9.94. The summed E-state index contributed by atoms with van der Waals surface area (Å²) in [5.74, 6) is -0.967. The van der Waals surface area contributed by atoms with Crippen molar-refractivity contribution in [3.63, 3.8) is 0 Å². The van der Waals surface area contributed by atoms with Gasteiger partial charge in [-0.25, -0.2) is 0 Å². The van der Waals surface area contributed by atoms with E-state index in [2.05, 4.69) is 5.32 Å². The molecule has 2 aliphatic heterocycles. The van der Waals surface area contributed by atoms with Gasteiger partial charge in [0, 0.05) is 37.7 Å². The van der Waals surface area contributed by atoms with Gasteiger partial charge in [0.2, 0.25) is 5.91 Å². The summed E-state index contributed by atoms with van der Waals surface area (Å²) in [6, 6.07) is 9.55. The summed E-state index contributed by atoms with van der Waals surface area (Å²) in [5.41, 5.74) is 1.19. The van der Waals surface area contributed by atoms with Gasteiger partial charge in [-0.15, -0.1) is 0 Å². The molecule has 0 bridgehead atoms. The normalized spacial score (nSPS) is 16.9. The third-order valence-corrected chi connectivity index (χ3v) is 6.76. The molecule has 0 unspecified atom stereocenters. The van der Waals surface area contributed by atoms with Crippen LogP contribution in [0, 0.1) is 12.8 Å². The Hall–Kier alpha value is -3.36. The number of nitrogens with one attached hydrogen (secondary N) is 1. The zero-order valence-corrected chi connectivity index (χ0v) is 19.5. The lowest BCUT2D eigenvalue weighted by Gasteiger charge is -2.31. The molecular formula is C26H28F3N3O3. The van der Waals surface area contributed by atoms with E-state index >= 15 is 0 Å². The highest BCUT2D eigenvalue weighted by Crippen LogP contribution is 2.30. The van der Waals surface area contributed by atoms with Crippen LogP contribution in [0.25, 0.3) is 0 Å². The Balaban J connectivity index is 1.38. The van der Waals surface area contributed by atoms with Crippen molar-refractivity contribution in [2.75, 3.05) is 31.5 Å². The third-order valence-electron chi connectivity index (χ3n) is 6.76. The van der Waals surface area contributed by atoms with E-state index in [-0.39, 0.29) is 29.2 Å². The van der Waals surface area contributed by atoms with Gasteiger partial charge in [-0.1, -0.05) is 12.1 Å². The number of aryl methyl sites for hydroxylation is 1. The summed E-state index contributed by atoms with van der Waals surface area (Å²) >= 11 is 0. The predicted molar refractivity (Wildman–Crippen MR) is 125 cm³/mol. The highest BCUT2D eigenvalue weighted by molar-refractivity contribution is 6.05. The maximum Gasteiger partial charge on any atom is 0.416 e. The number of likely N-dealkylation sites (tertiary alicyclic amines) is 2. The number of rotatable bonds is 4. The topological polar surface area (TPSA) is 69.7 Å². The Morgan fingerprint density at radius 1 is 0.857 bits per heavy atom. The zero-order chi connectivity index (χ0) is 25.2. The average molecular weight is 488 g/mol. The summed E-state index contributed by atoms with van der Waals surface area (Å²) in [4.78, 5) is 42.1. The monoisotopic (exact) mass is 487 g/mol. The maximum atomic E-state index is 13.0. The van der Waals surface area contributed by atoms with Crippen LogP contribution in [0.1, 0.15) is 57.5 Å². The molecule has 2 aromatic carbocycles. The maximum absolute atomic E-state index is 13.0. The molecule has 2 aromatic rings. The van der Waals surface area contributed by atoms with Crippen molar-refractivity contribution in [2.24, 2.45) is 5.92 Å². The van der Waals surface area contributed by atoms with Gasteiger partial charge in [0.05, 0.1) is 16.8 Å². The van der Waals surface area contributed by atoms with Crippen LogP contribution in [0.2, 0.25) is 0 Å². The molecule has 35 heavy (non-hydrogen) atoms. The van der Waals surface area contributed by atoms with E-state index in [4.69, 9.17) is 0 Å². The highest BCUT2D eigenvalue weighted by Gasteiger charge is 2.32. The number of nitrogens with zero attached hydrogens (tertiary/aromatic N) is 2. The van der Waals surface area contributed by atoms with Crippen LogP contribution in [0.3, 0.4) is 0 Å². The molecule has 2 saturated heterocycles. The van der Waals surface area contributed by atoms with E-state index in [1.165, 1.54) is 12.1 Å². The highest BCUT2D eigenvalue weighted by atomic mass is 19.4. The fourth-order valence-corrected chi connectivity index (χ4v) is 4.66. The molecule has 0 aromatic heterocycles. The minimum Gasteiger partial charge on any atom is -0.339 e. The van der Waals surface area contributed by atoms with Crippen molar-refractivity contribution in [1.82, 2.24) is 9.80 Å². The number of carbonyl (C=O) groups is 3. The molecule has 186 valence electrons. The van der Waals surface area contributed by atoms with Crippen molar-refractivity contribution in [1.29, 1.82) is 0 Å². The van der Waals surface area contributed by atoms with Gasteiger partial charge in [-0.3, -0.25) is 14.4 Å². The number of carbonyl (C=O) groups excluding carboxylic acids is 3. The van der Waals surface area contributed by atoms with Gasteiger partial charge >= 0.3 is 6.18 Å². The number of hydrogen-bond acceptors (Lipinski definition) is 3. The number of amides is 3. The first-order chi connectivity index (χ1) is 16.6. The number of para-hydroxylation sites is 1. The lowest BCUT2D eigenvalue weighted by Crippen LogP contribution is -2.41. The number of piperidine rings is 1. The molecule has 2 heterocycles. The molecule has 0 saturated carbocycles. The van der Waals surface area contributed by atoms with Crippen LogP contribution < -0.4 is 5.32 Å². The molecule has 0 spiro atoms. The van der Waals surface area contributed by atoms with Crippen LogP contribution in [0.5, 0.6) is 0 Å². The van der Waals surface area contributed by atoms with Crippen LogP contribution in [-0.4, -0.2) is 53.7 Å². The molecule has 2 fully saturated rings. The van der Waals surface area contributed by atoms with Gasteiger partial charge in [-0.2, -0.15) is 13.2 Å². The number of anilines is 1. The summed E-state index contributed by atoms with van der Waals surface area (Å²) in [6.45, 7) is 3.93. The van der Waals surface area contributed by atoms with Crippen molar-refractivity contribution in [2.45, 2.75) is 38.8 Å². The van der Waals surface area contributed by atoms with Crippen molar-refractivity contribution < 1.29 is 27.6 Å². The van der Waals surface area contributed by atoms with Crippen LogP contribution in [0.15, 0.2) is 42.5 Å². The van der Waals surface area contributed by atoms with E-state index in [1.807, 2.05) is 13.0 Å². The largest absolute Gasteiger partial charge is 0.416 e. The van der Waals surface area contributed by atoms with E-state index < -0.39 is 11.7 Å². The molecule has 0 aliphatic carbocycles. The lowest BCUT2D eigenvalue weighted by molar-refractivity contribution is -0.137. The first-order valence-electron chi connectivity index (χ1n) is 11.8. The van der Waals surface area contributed by atoms with E-state index in [1.54, 1.807) is 21.9 Å². The number of alkyl halides is 3. The minimum absolute atomic E-state index is 0.0848. The summed E-state index contributed by atoms with van der Waals surface area (Å²) in [6.07, 6.45) is -1.64. The second-order valence-corrected chi connectivity index (χ2v) is 9.13. The van der Waals surface area contributed by atoms with Crippen LogP contribution >= 0.6 is 0 Å². The van der Waals surface area contributed by atoms with Crippen LogP contribution in [-0.2, 0) is 11.0 Å². The molecule has 0 radical (unpaired) electrons. The second-order valence-electron chi connectivity index (χ2n) is 9.13. The fourth-order valence-electron chi connectivity index (χ4n) is 4.66. The quantitative estimate of drug-likeness (QED) is 0.677. The van der Waals surface area contributed by atoms with Crippen LogP contribution in [0.4, 0.5) is 18.9 Å². The van der Waals surface area contributed by atoms with Crippen molar-refractivity contribution >= 4 is 23.4 Å². The summed E-state index contributed by atoms with van der Waals surface area (Å²) in [7, 11) is 0. The number of halogens is 3. The third kappa shape index (κ3) is 5.49. The smallest absolute Gasteiger partial charge is 0.339 e. The van der Waals surface area contributed by atoms with E-state index in [0.717, 1.165) is 30.5 Å². The summed E-state index contributed by atoms with van der Waals surface area (Å²) in [5, 5.41) is 2.95. The zero-order valence-electron chi connectivity index (χ0n) is 19.5. The molecule has 9 heteroatoms. The van der Waals surface area contributed by atoms with Crippen molar-refractivity contribution in [3.05, 3.63) is 64.7 Å². The standard InChI is InChI=1S/C26H28F3N3O3/c1-17-5-4-6-21(25(35)31-13-2-3-14-31)22(17)30-23(33)18-11-15-32(16-12-18)24(34)19-7-9-20(10-8-19)26(27,28)29/h4-10,18H,2-3,11-16H2,1H3,(H,30,33). The average Bonchev–Trinajstić information content (AvgIpc) is 3.39. The van der Waals surface area contributed by atoms with Gasteiger partial charge < -0.3 is 15.1 Å². The van der Waals surface area contributed by atoms with Crippen molar-refractivity contribution in [3.8, 4) is 0 Å². The van der Waals surface area contributed by atoms with Gasteiger partial charge in [0.15, 0.2) is 0 Å². The molecule has 6 nitrogen and oxygen atoms in total. The molecular weight excluding hydrogens is 459 g/mol. The Morgan fingerprint density at radius 3 is 2.06 bits per heavy atom. The predicted octanol–water partition coefficient (Wildman–Crippen LogP) is 4.74. The Morgan fingerprint density at radius 2 is 1.46 bits per heavy atom. The SMILES string of the molecule is Cc1cccc(C(=O)N2CCCC2)c1NC(=O)C1CCN(C(=O)c2ccc(C(F)(F)F)cc2)CC1. The van der Waals surface area contributed by atoms with Gasteiger partial charge in [0.25, 0.3) is 11.8 Å². The molecule has 0 atom stereocenters. The Bertz CT molecular complexity index is 1100. The minimum atomic E-state index is -4.46. The number of benzene rings is 2.